The lowest BCUT2D eigenvalue weighted by Crippen LogP contribution is -2.24. The van der Waals surface area contributed by atoms with E-state index in [-0.39, 0.29) is 22.3 Å². The van der Waals surface area contributed by atoms with Crippen LogP contribution in [-0.4, -0.2) is 44.0 Å². The summed E-state index contributed by atoms with van der Waals surface area (Å²) in [7, 11) is 3.66. The number of benzene rings is 2. The molecule has 0 aliphatic carbocycles. The monoisotopic (exact) mass is 569 g/mol. The van der Waals surface area contributed by atoms with E-state index in [2.05, 4.69) is 37.3 Å². The van der Waals surface area contributed by atoms with Gasteiger partial charge in [0.15, 0.2) is 11.6 Å². The molecular weight excluding hydrogens is 542 g/mol. The van der Waals surface area contributed by atoms with E-state index in [1.165, 1.54) is 0 Å². The highest BCUT2D eigenvalue weighted by molar-refractivity contribution is 6.36. The molecule has 2 aromatic carbocycles. The number of aromatic nitrogens is 4. The molecule has 2 aliphatic heterocycles. The van der Waals surface area contributed by atoms with Crippen LogP contribution in [0.4, 0.5) is 11.4 Å². The maximum atomic E-state index is 13.2. The third kappa shape index (κ3) is 4.76. The van der Waals surface area contributed by atoms with Gasteiger partial charge in [-0.2, -0.15) is 5.26 Å². The van der Waals surface area contributed by atoms with Gasteiger partial charge in [-0.05, 0) is 12.1 Å². The van der Waals surface area contributed by atoms with Crippen LogP contribution in [0, 0.1) is 11.3 Å². The van der Waals surface area contributed by atoms with E-state index in [9.17, 15) is 14.9 Å². The number of hydrogen-bond donors (Lipinski definition) is 4. The highest BCUT2D eigenvalue weighted by Crippen LogP contribution is 2.38. The molecular formula is C29H28ClN9O2. The van der Waals surface area contributed by atoms with Crippen LogP contribution in [0.2, 0.25) is 5.02 Å². The normalized spacial score (nSPS) is 14.1. The molecule has 0 spiro atoms. The van der Waals surface area contributed by atoms with Gasteiger partial charge < -0.3 is 30.4 Å². The Morgan fingerprint density at radius 2 is 1.37 bits per heavy atom. The van der Waals surface area contributed by atoms with E-state index >= 15 is 0 Å². The Labute approximate surface area is 241 Å². The number of fused-ring (bicyclic) bond motifs is 2. The zero-order valence-corrected chi connectivity index (χ0v) is 23.4. The minimum Gasteiger partial charge on any atom is -0.327 e. The van der Waals surface area contributed by atoms with Crippen LogP contribution in [0.15, 0.2) is 36.4 Å². The van der Waals surface area contributed by atoms with Crippen molar-refractivity contribution in [2.45, 2.75) is 25.9 Å². The number of halogens is 1. The maximum Gasteiger partial charge on any atom is 0.291 e. The molecule has 12 heteroatoms. The van der Waals surface area contributed by atoms with Crippen molar-refractivity contribution in [3.63, 3.8) is 0 Å². The predicted molar refractivity (Wildman–Crippen MR) is 155 cm³/mol. The molecule has 0 unspecified atom stereocenters. The van der Waals surface area contributed by atoms with E-state index in [4.69, 9.17) is 11.6 Å². The highest BCUT2D eigenvalue weighted by Gasteiger charge is 2.25. The molecule has 2 aliphatic rings. The number of nitrogens with one attached hydrogen (secondary N) is 4. The summed E-state index contributed by atoms with van der Waals surface area (Å²) in [6.07, 6.45) is 1.59. The first-order valence-electron chi connectivity index (χ1n) is 13.3. The summed E-state index contributed by atoms with van der Waals surface area (Å²) in [5.74, 6) is -0.206. The first kappa shape index (κ1) is 26.7. The third-order valence-electron chi connectivity index (χ3n) is 7.62. The Balaban J connectivity index is 1.29. The summed E-state index contributed by atoms with van der Waals surface area (Å²) in [5, 5.41) is 22.7. The summed E-state index contributed by atoms with van der Waals surface area (Å²) >= 11 is 6.81. The van der Waals surface area contributed by atoms with Crippen molar-refractivity contribution >= 4 is 34.8 Å². The summed E-state index contributed by atoms with van der Waals surface area (Å²) in [6, 6.07) is 12.6. The zero-order valence-electron chi connectivity index (χ0n) is 22.6. The molecule has 11 nitrogen and oxygen atoms in total. The minimum absolute atomic E-state index is 0.246. The number of hydrogen-bond acceptors (Lipinski definition) is 7. The minimum atomic E-state index is -0.407. The lowest BCUT2D eigenvalue weighted by atomic mass is 9.98. The Morgan fingerprint density at radius 3 is 1.90 bits per heavy atom. The topological polar surface area (TPSA) is 142 Å². The van der Waals surface area contributed by atoms with Crippen LogP contribution >= 0.6 is 11.6 Å². The molecule has 208 valence electrons. The Morgan fingerprint density at radius 1 is 0.854 bits per heavy atom. The Bertz CT molecular complexity index is 1750. The fourth-order valence-corrected chi connectivity index (χ4v) is 5.79. The fraction of sp³-hybridized carbons (Fsp3) is 0.276. The van der Waals surface area contributed by atoms with Gasteiger partial charge in [-0.15, -0.1) is 0 Å². The average molecular weight is 570 g/mol. The van der Waals surface area contributed by atoms with E-state index < -0.39 is 5.91 Å². The smallest absolute Gasteiger partial charge is 0.291 e. The van der Waals surface area contributed by atoms with E-state index in [1.807, 2.05) is 18.7 Å². The van der Waals surface area contributed by atoms with Crippen molar-refractivity contribution < 1.29 is 9.59 Å². The average Bonchev–Trinajstić information content (AvgIpc) is 3.51. The van der Waals surface area contributed by atoms with Gasteiger partial charge in [-0.1, -0.05) is 35.9 Å². The van der Waals surface area contributed by atoms with Crippen molar-refractivity contribution in [3.05, 3.63) is 81.4 Å². The van der Waals surface area contributed by atoms with Crippen molar-refractivity contribution in [1.82, 2.24) is 29.7 Å². The van der Waals surface area contributed by atoms with Gasteiger partial charge in [0.25, 0.3) is 11.8 Å². The summed E-state index contributed by atoms with van der Waals surface area (Å²) in [4.78, 5) is 35.5. The van der Waals surface area contributed by atoms with E-state index in [0.717, 1.165) is 48.7 Å². The second-order valence-electron chi connectivity index (χ2n) is 10.0. The molecule has 4 aromatic rings. The molecule has 4 N–H and O–H groups in total. The summed E-state index contributed by atoms with van der Waals surface area (Å²) < 4.78 is 3.62. The highest BCUT2D eigenvalue weighted by atomic mass is 35.5. The van der Waals surface area contributed by atoms with Crippen LogP contribution in [0.1, 0.15) is 49.6 Å². The quantitative estimate of drug-likeness (QED) is 0.289. The van der Waals surface area contributed by atoms with Crippen molar-refractivity contribution in [2.24, 2.45) is 14.1 Å². The van der Waals surface area contributed by atoms with Crippen molar-refractivity contribution in [1.29, 1.82) is 5.26 Å². The summed E-state index contributed by atoms with van der Waals surface area (Å²) in [6.45, 7) is 2.90. The van der Waals surface area contributed by atoms with Crippen LogP contribution < -0.4 is 21.3 Å². The second-order valence-corrected chi connectivity index (χ2v) is 10.4. The Kier molecular flexibility index (Phi) is 7.05. The molecule has 0 saturated carbocycles. The number of imidazole rings is 2. The zero-order chi connectivity index (χ0) is 28.7. The fourth-order valence-electron chi connectivity index (χ4n) is 5.51. The van der Waals surface area contributed by atoms with E-state index in [0.29, 0.717) is 41.4 Å². The van der Waals surface area contributed by atoms with Gasteiger partial charge in [-0.25, -0.2) is 9.97 Å². The van der Waals surface area contributed by atoms with Gasteiger partial charge in [0.2, 0.25) is 0 Å². The van der Waals surface area contributed by atoms with Crippen molar-refractivity contribution in [3.8, 4) is 17.2 Å². The largest absolute Gasteiger partial charge is 0.327 e. The lowest BCUT2D eigenvalue weighted by Gasteiger charge is -2.15. The van der Waals surface area contributed by atoms with Gasteiger partial charge in [0.05, 0.1) is 33.3 Å². The summed E-state index contributed by atoms with van der Waals surface area (Å²) in [5.41, 5.74) is 5.81. The number of rotatable bonds is 5. The number of anilines is 2. The van der Waals surface area contributed by atoms with Crippen LogP contribution in [0.3, 0.4) is 0 Å². The van der Waals surface area contributed by atoms with Crippen LogP contribution in [-0.2, 0) is 40.0 Å². The molecule has 2 amide bonds. The van der Waals surface area contributed by atoms with Gasteiger partial charge in [0, 0.05) is 75.6 Å². The van der Waals surface area contributed by atoms with Crippen molar-refractivity contribution in [2.75, 3.05) is 23.7 Å². The second kappa shape index (κ2) is 10.8. The molecule has 0 radical (unpaired) electrons. The maximum absolute atomic E-state index is 13.2. The molecule has 41 heavy (non-hydrogen) atoms. The van der Waals surface area contributed by atoms with E-state index in [1.54, 1.807) is 41.0 Å². The van der Waals surface area contributed by atoms with Gasteiger partial charge in [-0.3, -0.25) is 9.59 Å². The van der Waals surface area contributed by atoms with Gasteiger partial charge in [0.1, 0.15) is 6.07 Å². The first-order valence-corrected chi connectivity index (χ1v) is 13.7. The van der Waals surface area contributed by atoms with Gasteiger partial charge >= 0.3 is 0 Å². The lowest BCUT2D eigenvalue weighted by molar-refractivity contribution is 0.100. The Hall–Kier alpha value is -4.50. The predicted octanol–water partition coefficient (Wildman–Crippen LogP) is 3.14. The standard InChI is InChI=1S/C29H28ClN9O2/c1-38-23-9-11-32-14-21(23)34-26(38)28(40)36-19-7-3-5-16(18(19)13-31)17-6-4-8-20(25(17)30)37-29(41)27-35-22-15-33-12-10-24(22)39(27)2/h3-8,32-33H,9-12,14-15H2,1-2H3,(H,36,40)(H,37,41). The van der Waals surface area contributed by atoms with Crippen LogP contribution in [0.5, 0.6) is 0 Å². The number of amides is 2. The molecule has 0 saturated heterocycles. The molecule has 0 bridgehead atoms. The first-order chi connectivity index (χ1) is 19.9. The molecule has 4 heterocycles. The number of nitrogens with zero attached hydrogens (tertiary/aromatic N) is 5. The number of carbonyl (C=O) groups is 2. The molecule has 2 aromatic heterocycles. The number of carbonyl (C=O) groups excluding carboxylic acids is 2. The molecule has 0 fully saturated rings. The number of nitriles is 1. The molecule has 6 rings (SSSR count). The molecule has 0 atom stereocenters. The van der Waals surface area contributed by atoms with Crippen LogP contribution in [0.25, 0.3) is 11.1 Å². The third-order valence-corrected chi connectivity index (χ3v) is 8.03. The SMILES string of the molecule is Cn1c(C(=O)Nc2cccc(-c3cccc(NC(=O)c4nc5c(n4C)CCNC5)c3C#N)c2Cl)nc2c1CCNC2.